The van der Waals surface area contributed by atoms with Gasteiger partial charge < -0.3 is 0 Å². The van der Waals surface area contributed by atoms with Gasteiger partial charge in [0.2, 0.25) is 0 Å². The molecule has 0 amide bonds. The lowest BCUT2D eigenvalue weighted by atomic mass is 9.58. The molecule has 0 N–H and O–H groups in total. The van der Waals surface area contributed by atoms with Gasteiger partial charge in [0.15, 0.2) is 0 Å². The molecule has 0 aliphatic heterocycles. The first-order chi connectivity index (χ1) is 9.37. The molecule has 0 saturated carbocycles. The maximum absolute atomic E-state index is 2.46. The van der Waals surface area contributed by atoms with Gasteiger partial charge in [-0.2, -0.15) is 0 Å². The van der Waals surface area contributed by atoms with Gasteiger partial charge in [0, 0.05) is 0 Å². The Balaban J connectivity index is 4.51. The molecule has 0 heteroatoms. The van der Waals surface area contributed by atoms with E-state index < -0.39 is 0 Å². The molecular formula is C20H42. The molecule has 1 atom stereocenters. The fourth-order valence-electron chi connectivity index (χ4n) is 4.28. The van der Waals surface area contributed by atoms with Gasteiger partial charge in [-0.15, -0.1) is 0 Å². The summed E-state index contributed by atoms with van der Waals surface area (Å²) >= 11 is 0. The van der Waals surface area contributed by atoms with Crippen molar-refractivity contribution in [2.75, 3.05) is 0 Å². The van der Waals surface area contributed by atoms with Crippen molar-refractivity contribution in [2.24, 2.45) is 16.7 Å². The SMILES string of the molecule is CCCCCCCCC(C(C)(C)C)C(CC)(CC)CC. The van der Waals surface area contributed by atoms with Crippen LogP contribution in [0.3, 0.4) is 0 Å². The first-order valence-electron chi connectivity index (χ1n) is 9.37. The van der Waals surface area contributed by atoms with Gasteiger partial charge in [-0.3, -0.25) is 0 Å². The third-order valence-electron chi connectivity index (χ3n) is 5.74. The maximum Gasteiger partial charge on any atom is -0.0272 e. The van der Waals surface area contributed by atoms with E-state index in [-0.39, 0.29) is 0 Å². The van der Waals surface area contributed by atoms with E-state index in [1.54, 1.807) is 0 Å². The molecule has 122 valence electrons. The minimum atomic E-state index is 0.450. The molecule has 20 heavy (non-hydrogen) atoms. The fraction of sp³-hybridized carbons (Fsp3) is 1.00. The van der Waals surface area contributed by atoms with Crippen LogP contribution >= 0.6 is 0 Å². The van der Waals surface area contributed by atoms with Crippen LogP contribution in [0.1, 0.15) is 113 Å². The third kappa shape index (κ3) is 6.19. The van der Waals surface area contributed by atoms with Crippen LogP contribution in [0.25, 0.3) is 0 Å². The molecule has 0 aromatic heterocycles. The highest BCUT2D eigenvalue weighted by Crippen LogP contribution is 2.49. The Kier molecular flexibility index (Phi) is 9.85. The second kappa shape index (κ2) is 9.85. The van der Waals surface area contributed by atoms with Crippen LogP contribution in [0.4, 0.5) is 0 Å². The normalized spacial score (nSPS) is 14.6. The average Bonchev–Trinajstić information content (AvgIpc) is 2.41. The van der Waals surface area contributed by atoms with E-state index in [2.05, 4.69) is 48.5 Å². The quantitative estimate of drug-likeness (QED) is 0.342. The largest absolute Gasteiger partial charge is 0.0654 e. The van der Waals surface area contributed by atoms with Gasteiger partial charge in [0.25, 0.3) is 0 Å². The summed E-state index contributed by atoms with van der Waals surface area (Å²) in [7, 11) is 0. The predicted molar refractivity (Wildman–Crippen MR) is 94.2 cm³/mol. The first-order valence-corrected chi connectivity index (χ1v) is 9.37. The lowest BCUT2D eigenvalue weighted by Gasteiger charge is -2.47. The van der Waals surface area contributed by atoms with Crippen molar-refractivity contribution in [3.63, 3.8) is 0 Å². The van der Waals surface area contributed by atoms with Crippen LogP contribution < -0.4 is 0 Å². The Morgan fingerprint density at radius 3 is 1.50 bits per heavy atom. The molecule has 0 aliphatic rings. The van der Waals surface area contributed by atoms with Crippen molar-refractivity contribution in [3.8, 4) is 0 Å². The second-order valence-corrected chi connectivity index (χ2v) is 7.90. The lowest BCUT2D eigenvalue weighted by molar-refractivity contribution is 0.0324. The molecule has 0 saturated heterocycles. The van der Waals surface area contributed by atoms with E-state index in [1.807, 2.05) is 0 Å². The van der Waals surface area contributed by atoms with E-state index in [4.69, 9.17) is 0 Å². The summed E-state index contributed by atoms with van der Waals surface area (Å²) in [6.45, 7) is 16.9. The molecule has 0 rings (SSSR count). The molecular weight excluding hydrogens is 240 g/mol. The van der Waals surface area contributed by atoms with E-state index in [1.165, 1.54) is 64.2 Å². The van der Waals surface area contributed by atoms with Crippen LogP contribution in [0.2, 0.25) is 0 Å². The highest BCUT2D eigenvalue weighted by Gasteiger charge is 2.40. The highest BCUT2D eigenvalue weighted by atomic mass is 14.4. The van der Waals surface area contributed by atoms with Crippen LogP contribution in [0.5, 0.6) is 0 Å². The van der Waals surface area contributed by atoms with Gasteiger partial charge in [-0.1, -0.05) is 106 Å². The van der Waals surface area contributed by atoms with E-state index in [9.17, 15) is 0 Å². The molecule has 1 unspecified atom stereocenters. The summed E-state index contributed by atoms with van der Waals surface area (Å²) in [4.78, 5) is 0. The van der Waals surface area contributed by atoms with Gasteiger partial charge in [-0.05, 0) is 23.2 Å². The number of rotatable bonds is 11. The Labute approximate surface area is 130 Å². The maximum atomic E-state index is 2.46. The number of hydrogen-bond donors (Lipinski definition) is 0. The highest BCUT2D eigenvalue weighted by molar-refractivity contribution is 4.90. The summed E-state index contributed by atoms with van der Waals surface area (Å²) in [5.41, 5.74) is 1.02. The standard InChI is InChI=1S/C20H42/c1-8-12-13-14-15-16-17-18(19(5,6)7)20(9-2,10-3)11-4/h18H,8-17H2,1-7H3. The Morgan fingerprint density at radius 1 is 0.650 bits per heavy atom. The Hall–Kier alpha value is 0. The molecule has 0 aromatic carbocycles. The fourth-order valence-corrected chi connectivity index (χ4v) is 4.28. The summed E-state index contributed by atoms with van der Waals surface area (Å²) < 4.78 is 0. The van der Waals surface area contributed by atoms with Gasteiger partial charge in [0.1, 0.15) is 0 Å². The lowest BCUT2D eigenvalue weighted by Crippen LogP contribution is -2.37. The van der Waals surface area contributed by atoms with Crippen molar-refractivity contribution in [1.82, 2.24) is 0 Å². The summed E-state index contributed by atoms with van der Waals surface area (Å²) in [6.07, 6.45) is 14.0. The zero-order chi connectivity index (χ0) is 15.6. The average molecular weight is 283 g/mol. The van der Waals surface area contributed by atoms with Crippen molar-refractivity contribution in [2.45, 2.75) is 113 Å². The monoisotopic (exact) mass is 282 g/mol. The zero-order valence-electron chi connectivity index (χ0n) is 15.6. The molecule has 0 radical (unpaired) electrons. The van der Waals surface area contributed by atoms with Gasteiger partial charge in [0.05, 0.1) is 0 Å². The number of hydrogen-bond acceptors (Lipinski definition) is 0. The molecule has 0 fully saturated rings. The molecule has 0 nitrogen and oxygen atoms in total. The summed E-state index contributed by atoms with van der Waals surface area (Å²) in [5, 5.41) is 0. The van der Waals surface area contributed by atoms with Crippen molar-refractivity contribution in [1.29, 1.82) is 0 Å². The first kappa shape index (κ1) is 20.0. The van der Waals surface area contributed by atoms with Crippen molar-refractivity contribution < 1.29 is 0 Å². The van der Waals surface area contributed by atoms with Crippen molar-refractivity contribution in [3.05, 3.63) is 0 Å². The van der Waals surface area contributed by atoms with Crippen LogP contribution in [-0.2, 0) is 0 Å². The third-order valence-corrected chi connectivity index (χ3v) is 5.74. The minimum Gasteiger partial charge on any atom is -0.0654 e. The van der Waals surface area contributed by atoms with Gasteiger partial charge >= 0.3 is 0 Å². The van der Waals surface area contributed by atoms with Crippen molar-refractivity contribution >= 4 is 0 Å². The Bertz CT molecular complexity index is 208. The minimum absolute atomic E-state index is 0.450. The summed E-state index contributed by atoms with van der Waals surface area (Å²) in [5.74, 6) is 0.876. The molecule has 0 spiro atoms. The molecule has 0 aromatic rings. The second-order valence-electron chi connectivity index (χ2n) is 7.90. The molecule has 0 aliphatic carbocycles. The molecule has 0 bridgehead atoms. The van der Waals surface area contributed by atoms with E-state index >= 15 is 0 Å². The Morgan fingerprint density at radius 2 is 1.10 bits per heavy atom. The van der Waals surface area contributed by atoms with Gasteiger partial charge in [-0.25, -0.2) is 0 Å². The predicted octanol–water partition coefficient (Wildman–Crippen LogP) is 7.62. The van der Waals surface area contributed by atoms with E-state index in [0.717, 1.165) is 5.92 Å². The van der Waals surface area contributed by atoms with Crippen LogP contribution in [0, 0.1) is 16.7 Å². The topological polar surface area (TPSA) is 0 Å². The number of unbranched alkanes of at least 4 members (excludes halogenated alkanes) is 5. The van der Waals surface area contributed by atoms with E-state index in [0.29, 0.717) is 10.8 Å². The van der Waals surface area contributed by atoms with Crippen LogP contribution in [0.15, 0.2) is 0 Å². The zero-order valence-corrected chi connectivity index (χ0v) is 15.6. The summed E-state index contributed by atoms with van der Waals surface area (Å²) in [6, 6.07) is 0. The smallest absolute Gasteiger partial charge is 0.0272 e. The van der Waals surface area contributed by atoms with Crippen LogP contribution in [-0.4, -0.2) is 0 Å². The molecule has 0 heterocycles.